The highest BCUT2D eigenvalue weighted by molar-refractivity contribution is 5.92. The van der Waals surface area contributed by atoms with E-state index in [2.05, 4.69) is 20.7 Å². The first-order valence-electron chi connectivity index (χ1n) is 19.1. The monoisotopic (exact) mass is 811 g/mol. The van der Waals surface area contributed by atoms with Gasteiger partial charge in [-0.3, -0.25) is 14.4 Å². The van der Waals surface area contributed by atoms with Gasteiger partial charge in [0.2, 0.25) is 17.7 Å². The van der Waals surface area contributed by atoms with Crippen LogP contribution in [0.25, 0.3) is 0 Å². The van der Waals surface area contributed by atoms with Gasteiger partial charge in [0.15, 0.2) is 0 Å². The van der Waals surface area contributed by atoms with Crippen molar-refractivity contribution in [1.29, 1.82) is 0 Å². The molecule has 0 radical (unpaired) electrons. The van der Waals surface area contributed by atoms with Crippen LogP contribution in [-0.4, -0.2) is 92.7 Å². The molecule has 2 aromatic carbocycles. The van der Waals surface area contributed by atoms with E-state index in [1.807, 2.05) is 0 Å². The Kier molecular flexibility index (Phi) is 14.8. The smallest absolute Gasteiger partial charge is 0.444 e. The van der Waals surface area contributed by atoms with Crippen LogP contribution < -0.4 is 25.6 Å². The van der Waals surface area contributed by atoms with Crippen LogP contribution in [0.4, 0.5) is 32.4 Å². The molecule has 17 heteroatoms. The average Bonchev–Trinajstić information content (AvgIpc) is 3.51. The molecule has 0 bridgehead atoms. The van der Waals surface area contributed by atoms with Gasteiger partial charge in [-0.15, -0.1) is 13.2 Å². The Morgan fingerprint density at radius 3 is 2.07 bits per heavy atom. The minimum absolute atomic E-state index is 0.0197. The summed E-state index contributed by atoms with van der Waals surface area (Å²) in [6.07, 6.45) is -5.14. The molecule has 1 saturated heterocycles. The van der Waals surface area contributed by atoms with Crippen LogP contribution in [0.1, 0.15) is 89.8 Å². The summed E-state index contributed by atoms with van der Waals surface area (Å²) < 4.78 is 85.1. The second kappa shape index (κ2) is 18.7. The molecule has 0 aliphatic carbocycles. The van der Waals surface area contributed by atoms with Crippen LogP contribution in [-0.2, 0) is 30.4 Å². The summed E-state index contributed by atoms with van der Waals surface area (Å²) in [5.41, 5.74) is -0.103. The molecule has 2 heterocycles. The van der Waals surface area contributed by atoms with Crippen molar-refractivity contribution in [3.05, 3.63) is 58.7 Å². The van der Waals surface area contributed by atoms with E-state index in [1.165, 1.54) is 29.0 Å². The predicted octanol–water partition coefficient (Wildman–Crippen LogP) is 6.13. The first kappa shape index (κ1) is 45.0. The molecule has 57 heavy (non-hydrogen) atoms. The number of carbonyl (C=O) groups is 4. The lowest BCUT2D eigenvalue weighted by molar-refractivity contribution is -0.275. The lowest BCUT2D eigenvalue weighted by atomic mass is 9.87. The van der Waals surface area contributed by atoms with E-state index in [9.17, 15) is 32.3 Å². The maximum absolute atomic E-state index is 15.3. The van der Waals surface area contributed by atoms with Gasteiger partial charge in [0, 0.05) is 45.4 Å². The SMILES string of the molecule is COCCN1CC(C(=O)N2CCC(c3cc(CNC(=O)[C@@H](NC(=O)[C@@H](NC(=O)OC(C)(C)C)C(C)C)C(C)C)ccc3F)CC2)c2c(OC(F)(F)F)ccc(F)c21. The number of alkyl carbamates (subject to hydrolysis) is 1. The number of nitrogens with one attached hydrogen (secondary N) is 3. The van der Waals surface area contributed by atoms with Crippen LogP contribution in [0.2, 0.25) is 0 Å². The van der Waals surface area contributed by atoms with Crippen LogP contribution in [0.15, 0.2) is 30.3 Å². The van der Waals surface area contributed by atoms with Gasteiger partial charge < -0.3 is 40.0 Å². The molecule has 2 aliphatic heterocycles. The summed E-state index contributed by atoms with van der Waals surface area (Å²) in [7, 11) is 1.43. The van der Waals surface area contributed by atoms with Crippen molar-refractivity contribution in [1.82, 2.24) is 20.9 Å². The maximum Gasteiger partial charge on any atom is 0.573 e. The number of amides is 4. The second-order valence-corrected chi connectivity index (χ2v) is 16.1. The Hall–Kier alpha value is -4.67. The summed E-state index contributed by atoms with van der Waals surface area (Å²) in [6.45, 7) is 12.7. The van der Waals surface area contributed by atoms with Gasteiger partial charge in [0.05, 0.1) is 18.2 Å². The standard InChI is InChI=1S/C40H54F5N5O7/c1-22(2)32(47-36(52)33(23(3)4)48-38(54)57-39(5,6)7)35(51)46-20-24-9-10-28(41)26(19-24)25-13-15-49(16-14-25)37(53)27-21-50(17-18-55-8)34-29(42)11-12-30(31(27)34)56-40(43,44)45/h9-12,19,22-23,25,27,32-33H,13-18,20-21H2,1-8H3,(H,46,51)(H,47,52)(H,48,54)/t27?,32-,33-/m0/s1. The minimum Gasteiger partial charge on any atom is -0.444 e. The Balaban J connectivity index is 1.41. The number of likely N-dealkylation sites (tertiary alicyclic amines) is 1. The third-order valence-electron chi connectivity index (χ3n) is 9.93. The predicted molar refractivity (Wildman–Crippen MR) is 201 cm³/mol. The highest BCUT2D eigenvalue weighted by Crippen LogP contribution is 2.46. The van der Waals surface area contributed by atoms with Crippen molar-refractivity contribution >= 4 is 29.5 Å². The number of nitrogens with zero attached hydrogens (tertiary/aromatic N) is 2. The number of hydrogen-bond acceptors (Lipinski definition) is 8. The molecule has 3 atom stereocenters. The zero-order chi connectivity index (χ0) is 42.4. The number of piperidine rings is 1. The number of anilines is 1. The van der Waals surface area contributed by atoms with Crippen LogP contribution in [0.3, 0.4) is 0 Å². The number of ether oxygens (including phenoxy) is 3. The largest absolute Gasteiger partial charge is 0.573 e. The first-order chi connectivity index (χ1) is 26.6. The van der Waals surface area contributed by atoms with Crippen LogP contribution >= 0.6 is 0 Å². The van der Waals surface area contributed by atoms with Gasteiger partial charge in [0.1, 0.15) is 35.1 Å². The fourth-order valence-electron chi connectivity index (χ4n) is 7.14. The van der Waals surface area contributed by atoms with Crippen molar-refractivity contribution < 1.29 is 55.3 Å². The molecular formula is C40H54F5N5O7. The van der Waals surface area contributed by atoms with Gasteiger partial charge >= 0.3 is 12.5 Å². The van der Waals surface area contributed by atoms with Crippen molar-refractivity contribution in [2.24, 2.45) is 11.8 Å². The van der Waals surface area contributed by atoms with E-state index in [0.29, 0.717) is 24.0 Å². The van der Waals surface area contributed by atoms with Gasteiger partial charge in [-0.25, -0.2) is 13.6 Å². The third kappa shape index (κ3) is 11.9. The number of hydrogen-bond donors (Lipinski definition) is 3. The molecule has 4 rings (SSSR count). The van der Waals surface area contributed by atoms with Crippen molar-refractivity contribution in [3.8, 4) is 5.75 Å². The summed E-state index contributed by atoms with van der Waals surface area (Å²) >= 11 is 0. The number of rotatable bonds is 14. The highest BCUT2D eigenvalue weighted by Gasteiger charge is 2.43. The molecule has 1 fully saturated rings. The van der Waals surface area contributed by atoms with E-state index in [-0.39, 0.29) is 68.3 Å². The zero-order valence-corrected chi connectivity index (χ0v) is 33.6. The summed E-state index contributed by atoms with van der Waals surface area (Å²) in [5, 5.41) is 8.14. The average molecular weight is 812 g/mol. The Morgan fingerprint density at radius 1 is 0.877 bits per heavy atom. The summed E-state index contributed by atoms with van der Waals surface area (Å²) in [4.78, 5) is 55.9. The second-order valence-electron chi connectivity index (χ2n) is 16.1. The topological polar surface area (TPSA) is 139 Å². The van der Waals surface area contributed by atoms with Crippen molar-refractivity contribution in [3.63, 3.8) is 0 Å². The van der Waals surface area contributed by atoms with E-state index in [1.54, 1.807) is 54.5 Å². The molecule has 316 valence electrons. The molecule has 12 nitrogen and oxygen atoms in total. The number of halogens is 5. The number of methoxy groups -OCH3 is 1. The lowest BCUT2D eigenvalue weighted by Crippen LogP contribution is -2.57. The van der Waals surface area contributed by atoms with Gasteiger partial charge in [-0.05, 0) is 80.7 Å². The van der Waals surface area contributed by atoms with Gasteiger partial charge in [-0.1, -0.05) is 39.8 Å². The molecule has 1 unspecified atom stereocenters. The van der Waals surface area contributed by atoms with Gasteiger partial charge in [0.25, 0.3) is 0 Å². The molecule has 3 N–H and O–H groups in total. The van der Waals surface area contributed by atoms with Gasteiger partial charge in [-0.2, -0.15) is 0 Å². The van der Waals surface area contributed by atoms with E-state index in [4.69, 9.17) is 9.47 Å². The fourth-order valence-corrected chi connectivity index (χ4v) is 7.14. The third-order valence-corrected chi connectivity index (χ3v) is 9.93. The molecule has 2 aliphatic rings. The zero-order valence-electron chi connectivity index (χ0n) is 33.6. The molecular weight excluding hydrogens is 757 g/mol. The van der Waals surface area contributed by atoms with E-state index in [0.717, 1.165) is 12.1 Å². The molecule has 0 spiro atoms. The van der Waals surface area contributed by atoms with E-state index < -0.39 is 71.2 Å². The normalized spacial score (nSPS) is 17.3. The summed E-state index contributed by atoms with van der Waals surface area (Å²) in [6, 6.07) is 4.31. The number of alkyl halides is 3. The van der Waals surface area contributed by atoms with E-state index >= 15 is 8.78 Å². The number of benzene rings is 2. The number of carbonyl (C=O) groups excluding carboxylic acids is 4. The molecule has 0 saturated carbocycles. The lowest BCUT2D eigenvalue weighted by Gasteiger charge is -2.34. The minimum atomic E-state index is -5.07. The quantitative estimate of drug-likeness (QED) is 0.194. The van der Waals surface area contributed by atoms with Crippen LogP contribution in [0.5, 0.6) is 5.75 Å². The molecule has 2 aromatic rings. The number of fused-ring (bicyclic) bond motifs is 1. The Morgan fingerprint density at radius 2 is 1.49 bits per heavy atom. The van der Waals surface area contributed by atoms with Crippen LogP contribution in [0, 0.1) is 23.5 Å². The van der Waals surface area contributed by atoms with Crippen molar-refractivity contribution in [2.75, 3.05) is 44.8 Å². The fraction of sp³-hybridized carbons (Fsp3) is 0.600. The van der Waals surface area contributed by atoms with Crippen molar-refractivity contribution in [2.45, 2.75) is 104 Å². The Bertz CT molecular complexity index is 1760. The first-order valence-corrected chi connectivity index (χ1v) is 19.1. The Labute approximate surface area is 330 Å². The molecule has 4 amide bonds. The highest BCUT2D eigenvalue weighted by atomic mass is 19.4. The maximum atomic E-state index is 15.3. The molecule has 0 aromatic heterocycles. The summed E-state index contributed by atoms with van der Waals surface area (Å²) in [5.74, 6) is -5.51.